The molecule has 0 aromatic carbocycles. The zero-order chi connectivity index (χ0) is 29.8. The summed E-state index contributed by atoms with van der Waals surface area (Å²) in [5.74, 6) is -1.11. The van der Waals surface area contributed by atoms with Crippen molar-refractivity contribution in [1.29, 1.82) is 0 Å². The molecule has 0 spiro atoms. The van der Waals surface area contributed by atoms with Crippen LogP contribution >= 0.6 is 0 Å². The first kappa shape index (κ1) is 32.3. The number of aliphatic hydroxyl groups is 1. The maximum atomic E-state index is 14.4. The van der Waals surface area contributed by atoms with E-state index in [0.29, 0.717) is 30.3 Å². The van der Waals surface area contributed by atoms with Crippen molar-refractivity contribution in [2.45, 2.75) is 129 Å². The number of aliphatic hydroxyl groups excluding tert-OH is 1. The Hall–Kier alpha value is -1.61. The topological polar surface area (TPSA) is 131 Å². The zero-order valence-corrected chi connectivity index (χ0v) is 25.8. The van der Waals surface area contributed by atoms with Crippen molar-refractivity contribution in [3.63, 3.8) is 0 Å². The van der Waals surface area contributed by atoms with Crippen LogP contribution in [0.2, 0.25) is 0 Å². The number of fused-ring (bicyclic) bond motifs is 2. The van der Waals surface area contributed by atoms with Crippen LogP contribution in [-0.2, 0) is 23.9 Å². The second-order valence-corrected chi connectivity index (χ2v) is 13.7. The molecular formula is C33H54N2O6. The molecule has 8 nitrogen and oxygen atoms in total. The van der Waals surface area contributed by atoms with E-state index in [-0.39, 0.29) is 43.3 Å². The molecule has 8 heteroatoms. The van der Waals surface area contributed by atoms with Gasteiger partial charge in [0.2, 0.25) is 0 Å². The van der Waals surface area contributed by atoms with Gasteiger partial charge in [0.05, 0.1) is 19.4 Å². The van der Waals surface area contributed by atoms with E-state index in [1.165, 1.54) is 0 Å². The SMILES string of the molecule is CCCCCCOC(=O)[C@]12O[C@@]1(CC(CO)=C(C)CCC1CCNC(N)C1)C(=O)C1CCCC(CC(C)C)C1C2=O. The number of hydrogen-bond acceptors (Lipinski definition) is 8. The number of epoxide rings is 1. The molecule has 5 unspecified atom stereocenters. The lowest BCUT2D eigenvalue weighted by Crippen LogP contribution is -2.60. The fourth-order valence-electron chi connectivity index (χ4n) is 7.98. The third-order valence-electron chi connectivity index (χ3n) is 10.3. The van der Waals surface area contributed by atoms with E-state index in [9.17, 15) is 19.5 Å². The number of unbranched alkanes of at least 4 members (excludes halogenated alkanes) is 3. The third-order valence-corrected chi connectivity index (χ3v) is 10.3. The van der Waals surface area contributed by atoms with Gasteiger partial charge in [-0.25, -0.2) is 4.79 Å². The Morgan fingerprint density at radius 1 is 1.17 bits per heavy atom. The van der Waals surface area contributed by atoms with Gasteiger partial charge in [0.1, 0.15) is 0 Å². The summed E-state index contributed by atoms with van der Waals surface area (Å²) in [5, 5.41) is 13.7. The fourth-order valence-corrected chi connectivity index (χ4v) is 7.98. The summed E-state index contributed by atoms with van der Waals surface area (Å²) in [6.45, 7) is 9.25. The summed E-state index contributed by atoms with van der Waals surface area (Å²) in [7, 11) is 0. The Kier molecular flexibility index (Phi) is 10.9. The van der Waals surface area contributed by atoms with Crippen LogP contribution in [0, 0.1) is 29.6 Å². The molecule has 0 aromatic heterocycles. The van der Waals surface area contributed by atoms with Gasteiger partial charge < -0.3 is 25.6 Å². The fraction of sp³-hybridized carbons (Fsp3) is 0.848. The maximum Gasteiger partial charge on any atom is 0.349 e. The van der Waals surface area contributed by atoms with Gasteiger partial charge in [-0.2, -0.15) is 0 Å². The lowest BCUT2D eigenvalue weighted by Gasteiger charge is -2.42. The first-order valence-corrected chi connectivity index (χ1v) is 16.3. The minimum atomic E-state index is -1.88. The van der Waals surface area contributed by atoms with Crippen molar-refractivity contribution in [1.82, 2.24) is 5.32 Å². The molecule has 0 radical (unpaired) electrons. The molecule has 41 heavy (non-hydrogen) atoms. The smallest absolute Gasteiger partial charge is 0.349 e. The van der Waals surface area contributed by atoms with Crippen LogP contribution in [0.15, 0.2) is 11.1 Å². The standard InChI is InChI=1S/C33H54N2O6/c1-5-6-7-8-16-40-31(39)33-30(38)28-24(17-21(2)3)10-9-11-26(28)29(37)32(33,41-33)19-25(20-36)22(4)12-13-23-14-15-35-27(34)18-23/h21,23-24,26-28,35-36H,5-20,34H2,1-4H3/t23?,24?,26?,27?,28?,32-,33-/m0/s1. The van der Waals surface area contributed by atoms with Crippen molar-refractivity contribution in [3.05, 3.63) is 11.1 Å². The Morgan fingerprint density at radius 2 is 1.95 bits per heavy atom. The predicted octanol–water partition coefficient (Wildman–Crippen LogP) is 4.61. The van der Waals surface area contributed by atoms with E-state index in [0.717, 1.165) is 76.3 Å². The Labute approximate surface area is 246 Å². The lowest BCUT2D eigenvalue weighted by molar-refractivity contribution is -0.160. The largest absolute Gasteiger partial charge is 0.463 e. The number of carbonyl (C=O) groups excluding carboxylic acids is 3. The van der Waals surface area contributed by atoms with E-state index >= 15 is 0 Å². The molecule has 4 rings (SSSR count). The van der Waals surface area contributed by atoms with E-state index in [1.807, 2.05) is 6.92 Å². The molecule has 0 amide bonds. The minimum absolute atomic E-state index is 0.0107. The van der Waals surface area contributed by atoms with Gasteiger partial charge in [-0.05, 0) is 88.2 Å². The Morgan fingerprint density at radius 3 is 2.63 bits per heavy atom. The van der Waals surface area contributed by atoms with Crippen LogP contribution in [0.25, 0.3) is 0 Å². The van der Waals surface area contributed by atoms with Crippen molar-refractivity contribution in [2.24, 2.45) is 35.3 Å². The zero-order valence-electron chi connectivity index (χ0n) is 25.8. The van der Waals surface area contributed by atoms with Crippen LogP contribution in [0.3, 0.4) is 0 Å². The van der Waals surface area contributed by atoms with Gasteiger partial charge in [-0.15, -0.1) is 0 Å². The predicted molar refractivity (Wildman–Crippen MR) is 158 cm³/mol. The molecule has 2 heterocycles. The maximum absolute atomic E-state index is 14.4. The molecule has 0 aromatic rings. The van der Waals surface area contributed by atoms with E-state index in [2.05, 4.69) is 26.1 Å². The summed E-state index contributed by atoms with van der Waals surface area (Å²) in [6, 6.07) is 0. The number of esters is 1. The summed E-state index contributed by atoms with van der Waals surface area (Å²) < 4.78 is 11.9. The molecule has 4 aliphatic rings. The normalized spacial score (nSPS) is 35.5. The van der Waals surface area contributed by atoms with E-state index in [1.54, 1.807) is 0 Å². The highest BCUT2D eigenvalue weighted by molar-refractivity contribution is 6.23. The number of nitrogens with two attached hydrogens (primary N) is 1. The van der Waals surface area contributed by atoms with Crippen LogP contribution in [0.5, 0.6) is 0 Å². The average Bonchev–Trinajstić information content (AvgIpc) is 3.64. The summed E-state index contributed by atoms with van der Waals surface area (Å²) >= 11 is 0. The molecular weight excluding hydrogens is 520 g/mol. The number of hydrogen-bond donors (Lipinski definition) is 3. The number of Topliss-reactive ketones (excluding diaryl/α,β-unsaturated/α-hetero) is 2. The highest BCUT2D eigenvalue weighted by atomic mass is 16.7. The molecule has 2 aliphatic carbocycles. The van der Waals surface area contributed by atoms with E-state index in [4.69, 9.17) is 15.2 Å². The third kappa shape index (κ3) is 6.51. The molecule has 232 valence electrons. The highest BCUT2D eigenvalue weighted by Crippen LogP contribution is 2.63. The minimum Gasteiger partial charge on any atom is -0.463 e. The monoisotopic (exact) mass is 574 g/mol. The first-order valence-electron chi connectivity index (χ1n) is 16.3. The number of nitrogens with one attached hydrogen (secondary N) is 1. The molecule has 4 N–H and O–H groups in total. The molecule has 0 bridgehead atoms. The van der Waals surface area contributed by atoms with Crippen LogP contribution < -0.4 is 11.1 Å². The number of carbonyl (C=O) groups is 3. The van der Waals surface area contributed by atoms with Crippen LogP contribution in [0.4, 0.5) is 0 Å². The van der Waals surface area contributed by atoms with Crippen molar-refractivity contribution < 1.29 is 29.0 Å². The molecule has 4 fully saturated rings. The van der Waals surface area contributed by atoms with E-state index < -0.39 is 29.0 Å². The van der Waals surface area contributed by atoms with Gasteiger partial charge >= 0.3 is 5.97 Å². The molecule has 2 saturated carbocycles. The summed E-state index contributed by atoms with van der Waals surface area (Å²) in [6.07, 6.45) is 10.8. The van der Waals surface area contributed by atoms with Gasteiger partial charge in [-0.3, -0.25) is 9.59 Å². The second-order valence-electron chi connectivity index (χ2n) is 13.7. The van der Waals surface area contributed by atoms with Gasteiger partial charge in [-0.1, -0.05) is 52.0 Å². The second kappa shape index (κ2) is 13.8. The Balaban J connectivity index is 1.59. The molecule has 2 aliphatic heterocycles. The highest BCUT2D eigenvalue weighted by Gasteiger charge is 2.87. The number of ether oxygens (including phenoxy) is 2. The number of rotatable bonds is 14. The van der Waals surface area contributed by atoms with Crippen LogP contribution in [-0.4, -0.2) is 59.8 Å². The van der Waals surface area contributed by atoms with Crippen molar-refractivity contribution in [3.8, 4) is 0 Å². The lowest BCUT2D eigenvalue weighted by atomic mass is 9.56. The summed E-state index contributed by atoms with van der Waals surface area (Å²) in [5.41, 5.74) is 4.32. The first-order chi connectivity index (χ1) is 19.6. The van der Waals surface area contributed by atoms with Crippen molar-refractivity contribution in [2.75, 3.05) is 19.8 Å². The quantitative estimate of drug-likeness (QED) is 0.0901. The average molecular weight is 575 g/mol. The van der Waals surface area contributed by atoms with Crippen molar-refractivity contribution >= 4 is 17.5 Å². The Bertz CT molecular complexity index is 994. The van der Waals surface area contributed by atoms with Crippen LogP contribution in [0.1, 0.15) is 111 Å². The number of allylic oxidation sites excluding steroid dienone is 1. The number of piperidine rings is 1. The molecule has 7 atom stereocenters. The van der Waals surface area contributed by atoms with Gasteiger partial charge in [0.15, 0.2) is 17.2 Å². The van der Waals surface area contributed by atoms with Gasteiger partial charge in [0, 0.05) is 18.3 Å². The molecule has 2 saturated heterocycles. The van der Waals surface area contributed by atoms with Gasteiger partial charge in [0.25, 0.3) is 5.60 Å². The number of ketones is 2. The summed E-state index contributed by atoms with van der Waals surface area (Å²) in [4.78, 5) is 42.4.